The van der Waals surface area contributed by atoms with Gasteiger partial charge in [-0.05, 0) is 24.1 Å². The highest BCUT2D eigenvalue weighted by molar-refractivity contribution is 5.27. The van der Waals surface area contributed by atoms with Crippen molar-refractivity contribution in [1.82, 2.24) is 0 Å². The number of ether oxygens (including phenoxy) is 1. The van der Waals surface area contributed by atoms with Gasteiger partial charge in [0, 0.05) is 12.6 Å². The first-order valence-corrected chi connectivity index (χ1v) is 4.35. The van der Waals surface area contributed by atoms with Crippen LogP contribution in [0.4, 0.5) is 0 Å². The van der Waals surface area contributed by atoms with Gasteiger partial charge in [0.25, 0.3) is 0 Å². The molecule has 1 aromatic carbocycles. The minimum atomic E-state index is 0.0494. The minimum Gasteiger partial charge on any atom is -0.497 e. The number of hydrogen-bond acceptors (Lipinski definition) is 3. The quantitative estimate of drug-likeness (QED) is 0.710. The Morgan fingerprint density at radius 3 is 2.38 bits per heavy atom. The standard InChI is InChI=1S/C10H16N2O/c1-13-10-4-2-8(3-5-10)6-9(12)7-11/h2-5,9H,6-7,11-12H2,1H3. The summed E-state index contributed by atoms with van der Waals surface area (Å²) in [7, 11) is 1.65. The lowest BCUT2D eigenvalue weighted by Gasteiger charge is -2.08. The fraction of sp³-hybridized carbons (Fsp3) is 0.400. The predicted octanol–water partition coefficient (Wildman–Crippen LogP) is 0.524. The molecule has 1 unspecified atom stereocenters. The zero-order valence-corrected chi connectivity index (χ0v) is 7.86. The van der Waals surface area contributed by atoms with E-state index < -0.39 is 0 Å². The highest BCUT2D eigenvalue weighted by Gasteiger charge is 2.01. The number of hydrogen-bond donors (Lipinski definition) is 2. The van der Waals surface area contributed by atoms with Crippen molar-refractivity contribution in [1.29, 1.82) is 0 Å². The molecule has 0 amide bonds. The van der Waals surface area contributed by atoms with Gasteiger partial charge < -0.3 is 16.2 Å². The molecule has 0 saturated heterocycles. The third-order valence-electron chi connectivity index (χ3n) is 1.96. The Bertz CT molecular complexity index is 246. The van der Waals surface area contributed by atoms with Gasteiger partial charge in [-0.15, -0.1) is 0 Å². The van der Waals surface area contributed by atoms with E-state index in [0.717, 1.165) is 12.2 Å². The maximum Gasteiger partial charge on any atom is 0.118 e. The summed E-state index contributed by atoms with van der Waals surface area (Å²) in [5, 5.41) is 0. The third-order valence-corrected chi connectivity index (χ3v) is 1.96. The topological polar surface area (TPSA) is 61.3 Å². The Morgan fingerprint density at radius 1 is 1.31 bits per heavy atom. The highest BCUT2D eigenvalue weighted by atomic mass is 16.5. The molecule has 3 heteroatoms. The fourth-order valence-corrected chi connectivity index (χ4v) is 1.15. The molecule has 0 aliphatic heterocycles. The molecule has 0 aromatic heterocycles. The van der Waals surface area contributed by atoms with Crippen molar-refractivity contribution in [3.8, 4) is 5.75 Å². The summed E-state index contributed by atoms with van der Waals surface area (Å²) in [6.45, 7) is 0.520. The lowest BCUT2D eigenvalue weighted by molar-refractivity contribution is 0.414. The lowest BCUT2D eigenvalue weighted by atomic mass is 10.1. The van der Waals surface area contributed by atoms with Crippen LogP contribution in [0.15, 0.2) is 24.3 Å². The first-order valence-electron chi connectivity index (χ1n) is 4.35. The Hall–Kier alpha value is -1.06. The molecule has 0 radical (unpaired) electrons. The predicted molar refractivity (Wildman–Crippen MR) is 53.7 cm³/mol. The van der Waals surface area contributed by atoms with E-state index in [4.69, 9.17) is 16.2 Å². The zero-order valence-electron chi connectivity index (χ0n) is 7.86. The molecule has 0 spiro atoms. The Labute approximate surface area is 78.7 Å². The van der Waals surface area contributed by atoms with Crippen LogP contribution >= 0.6 is 0 Å². The Balaban J connectivity index is 2.58. The van der Waals surface area contributed by atoms with Crippen molar-refractivity contribution in [3.63, 3.8) is 0 Å². The van der Waals surface area contributed by atoms with Gasteiger partial charge in [-0.25, -0.2) is 0 Å². The van der Waals surface area contributed by atoms with E-state index in [1.807, 2.05) is 24.3 Å². The van der Waals surface area contributed by atoms with Crippen molar-refractivity contribution < 1.29 is 4.74 Å². The van der Waals surface area contributed by atoms with E-state index in [1.54, 1.807) is 7.11 Å². The van der Waals surface area contributed by atoms with E-state index in [-0.39, 0.29) is 6.04 Å². The van der Waals surface area contributed by atoms with Crippen molar-refractivity contribution in [2.24, 2.45) is 11.5 Å². The molecule has 0 aliphatic rings. The van der Waals surface area contributed by atoms with Crippen LogP contribution in [0.5, 0.6) is 5.75 Å². The van der Waals surface area contributed by atoms with Gasteiger partial charge in [-0.3, -0.25) is 0 Å². The van der Waals surface area contributed by atoms with Crippen molar-refractivity contribution >= 4 is 0 Å². The number of nitrogens with two attached hydrogens (primary N) is 2. The molecule has 72 valence electrons. The van der Waals surface area contributed by atoms with E-state index >= 15 is 0 Å². The van der Waals surface area contributed by atoms with Gasteiger partial charge in [0.2, 0.25) is 0 Å². The Morgan fingerprint density at radius 2 is 1.92 bits per heavy atom. The molecule has 4 N–H and O–H groups in total. The second-order valence-electron chi connectivity index (χ2n) is 3.05. The first kappa shape index (κ1) is 10.0. The second kappa shape index (κ2) is 4.84. The summed E-state index contributed by atoms with van der Waals surface area (Å²) in [5.74, 6) is 0.866. The smallest absolute Gasteiger partial charge is 0.118 e. The SMILES string of the molecule is COc1ccc(CC(N)CN)cc1. The summed E-state index contributed by atoms with van der Waals surface area (Å²) in [4.78, 5) is 0. The first-order chi connectivity index (χ1) is 6.26. The summed E-state index contributed by atoms with van der Waals surface area (Å²) in [6.07, 6.45) is 0.820. The summed E-state index contributed by atoms with van der Waals surface area (Å²) in [5.41, 5.74) is 12.3. The third kappa shape index (κ3) is 3.05. The van der Waals surface area contributed by atoms with Crippen molar-refractivity contribution in [2.45, 2.75) is 12.5 Å². The molecule has 1 rings (SSSR count). The summed E-state index contributed by atoms with van der Waals surface area (Å²) in [6, 6.07) is 7.92. The molecule has 0 bridgehead atoms. The van der Waals surface area contributed by atoms with E-state index in [0.29, 0.717) is 6.54 Å². The monoisotopic (exact) mass is 180 g/mol. The number of rotatable bonds is 4. The zero-order chi connectivity index (χ0) is 9.68. The summed E-state index contributed by atoms with van der Waals surface area (Å²) >= 11 is 0. The average molecular weight is 180 g/mol. The second-order valence-corrected chi connectivity index (χ2v) is 3.05. The van der Waals surface area contributed by atoms with Crippen LogP contribution in [0.1, 0.15) is 5.56 Å². The van der Waals surface area contributed by atoms with Crippen LogP contribution < -0.4 is 16.2 Å². The summed E-state index contributed by atoms with van der Waals surface area (Å²) < 4.78 is 5.04. The molecule has 3 nitrogen and oxygen atoms in total. The molecular weight excluding hydrogens is 164 g/mol. The average Bonchev–Trinajstić information content (AvgIpc) is 2.19. The molecule has 13 heavy (non-hydrogen) atoms. The maximum atomic E-state index is 5.72. The molecular formula is C10H16N2O. The van der Waals surface area contributed by atoms with E-state index in [1.165, 1.54) is 5.56 Å². The maximum absolute atomic E-state index is 5.72. The number of methoxy groups -OCH3 is 1. The van der Waals surface area contributed by atoms with Crippen molar-refractivity contribution in [2.75, 3.05) is 13.7 Å². The lowest BCUT2D eigenvalue weighted by Crippen LogP contribution is -2.31. The number of benzene rings is 1. The van der Waals surface area contributed by atoms with Gasteiger partial charge in [-0.1, -0.05) is 12.1 Å². The molecule has 1 aromatic rings. The molecule has 0 saturated carbocycles. The largest absolute Gasteiger partial charge is 0.497 e. The van der Waals surface area contributed by atoms with Crippen LogP contribution in [0.3, 0.4) is 0 Å². The van der Waals surface area contributed by atoms with Gasteiger partial charge in [-0.2, -0.15) is 0 Å². The molecule has 0 heterocycles. The van der Waals surface area contributed by atoms with Gasteiger partial charge in [0.1, 0.15) is 5.75 Å². The van der Waals surface area contributed by atoms with E-state index in [2.05, 4.69) is 0 Å². The van der Waals surface area contributed by atoms with Crippen molar-refractivity contribution in [3.05, 3.63) is 29.8 Å². The molecule has 0 aliphatic carbocycles. The molecule has 0 fully saturated rings. The normalized spacial score (nSPS) is 12.5. The van der Waals surface area contributed by atoms with Crippen LogP contribution in [-0.2, 0) is 6.42 Å². The van der Waals surface area contributed by atoms with E-state index in [9.17, 15) is 0 Å². The van der Waals surface area contributed by atoms with Crippen LogP contribution in [0.2, 0.25) is 0 Å². The van der Waals surface area contributed by atoms with Crippen LogP contribution in [-0.4, -0.2) is 19.7 Å². The van der Waals surface area contributed by atoms with Gasteiger partial charge >= 0.3 is 0 Å². The van der Waals surface area contributed by atoms with Crippen LogP contribution in [0, 0.1) is 0 Å². The van der Waals surface area contributed by atoms with Gasteiger partial charge in [0.15, 0.2) is 0 Å². The van der Waals surface area contributed by atoms with Gasteiger partial charge in [0.05, 0.1) is 7.11 Å². The Kier molecular flexibility index (Phi) is 3.73. The highest BCUT2D eigenvalue weighted by Crippen LogP contribution is 2.11. The fourth-order valence-electron chi connectivity index (χ4n) is 1.15. The molecule has 1 atom stereocenters. The van der Waals surface area contributed by atoms with Crippen LogP contribution in [0.25, 0.3) is 0 Å². The minimum absolute atomic E-state index is 0.0494.